The lowest BCUT2D eigenvalue weighted by molar-refractivity contribution is -0.105. The van der Waals surface area contributed by atoms with Crippen LogP contribution in [0.4, 0.5) is 0 Å². The Balaban J connectivity index is 2.15. The van der Waals surface area contributed by atoms with Gasteiger partial charge in [-0.25, -0.2) is 4.79 Å². The Morgan fingerprint density at radius 3 is 2.75 bits per heavy atom. The number of rotatable bonds is 7. The minimum Gasteiger partial charge on any atom is -0.488 e. The standard InChI is InChI=1S/C20H22O4/c1-14(2)6-4-8-16(13-21)10-11-23-18-12-19(22)24-17-9-5-7-15(3)20(17)18/h5-7,9-10,12-13H,4,8,11H2,1-3H3/b16-10+. The Morgan fingerprint density at radius 2 is 2.04 bits per heavy atom. The summed E-state index contributed by atoms with van der Waals surface area (Å²) in [6.07, 6.45) is 6.20. The second kappa shape index (κ2) is 8.29. The van der Waals surface area contributed by atoms with Crippen molar-refractivity contribution in [3.05, 3.63) is 63.5 Å². The molecule has 0 unspecified atom stereocenters. The third kappa shape index (κ3) is 4.69. The summed E-state index contributed by atoms with van der Waals surface area (Å²) >= 11 is 0. The van der Waals surface area contributed by atoms with Gasteiger partial charge in [0.15, 0.2) is 0 Å². The van der Waals surface area contributed by atoms with Gasteiger partial charge >= 0.3 is 5.63 Å². The zero-order chi connectivity index (χ0) is 17.5. The van der Waals surface area contributed by atoms with Gasteiger partial charge in [-0.05, 0) is 56.9 Å². The highest BCUT2D eigenvalue weighted by Gasteiger charge is 2.08. The molecule has 1 heterocycles. The van der Waals surface area contributed by atoms with Crippen molar-refractivity contribution in [1.82, 2.24) is 0 Å². The number of benzene rings is 1. The molecule has 1 aromatic heterocycles. The number of aryl methyl sites for hydroxylation is 1. The summed E-state index contributed by atoms with van der Waals surface area (Å²) in [5.74, 6) is 0.477. The SMILES string of the molecule is CC(C)=CCC/C(C=O)=C\COc1cc(=O)oc2cccc(C)c12. The van der Waals surface area contributed by atoms with Crippen molar-refractivity contribution in [1.29, 1.82) is 0 Å². The first kappa shape index (κ1) is 17.7. The molecule has 0 amide bonds. The van der Waals surface area contributed by atoms with Crippen LogP contribution in [-0.2, 0) is 4.79 Å². The molecule has 0 fully saturated rings. The summed E-state index contributed by atoms with van der Waals surface area (Å²) in [5, 5.41) is 0.780. The molecule has 0 aliphatic heterocycles. The molecule has 0 N–H and O–H groups in total. The van der Waals surface area contributed by atoms with Crippen molar-refractivity contribution in [2.45, 2.75) is 33.6 Å². The van der Waals surface area contributed by atoms with Crippen molar-refractivity contribution in [2.24, 2.45) is 0 Å². The highest BCUT2D eigenvalue weighted by Crippen LogP contribution is 2.27. The van der Waals surface area contributed by atoms with Gasteiger partial charge in [0, 0.05) is 0 Å². The lowest BCUT2D eigenvalue weighted by Gasteiger charge is -2.08. The number of carbonyl (C=O) groups is 1. The fourth-order valence-electron chi connectivity index (χ4n) is 2.45. The van der Waals surface area contributed by atoms with Gasteiger partial charge in [-0.2, -0.15) is 0 Å². The maximum atomic E-state index is 11.6. The number of hydrogen-bond donors (Lipinski definition) is 0. The van der Waals surface area contributed by atoms with E-state index >= 15 is 0 Å². The van der Waals surface area contributed by atoms with Crippen molar-refractivity contribution in [2.75, 3.05) is 6.61 Å². The number of fused-ring (bicyclic) bond motifs is 1. The first-order chi connectivity index (χ1) is 11.5. The zero-order valence-electron chi connectivity index (χ0n) is 14.3. The van der Waals surface area contributed by atoms with Gasteiger partial charge in [0.05, 0.1) is 11.5 Å². The van der Waals surface area contributed by atoms with Crippen LogP contribution >= 0.6 is 0 Å². The predicted octanol–water partition coefficient (Wildman–Crippen LogP) is 4.35. The van der Waals surface area contributed by atoms with E-state index in [1.165, 1.54) is 11.6 Å². The molecule has 0 atom stereocenters. The highest BCUT2D eigenvalue weighted by atomic mass is 16.5. The van der Waals surface area contributed by atoms with Crippen LogP contribution in [0.25, 0.3) is 11.0 Å². The molecule has 126 valence electrons. The quantitative estimate of drug-likeness (QED) is 0.328. The van der Waals surface area contributed by atoms with Gasteiger partial charge in [0.2, 0.25) is 0 Å². The first-order valence-corrected chi connectivity index (χ1v) is 7.95. The zero-order valence-corrected chi connectivity index (χ0v) is 14.3. The van der Waals surface area contributed by atoms with Crippen molar-refractivity contribution in [3.8, 4) is 5.75 Å². The first-order valence-electron chi connectivity index (χ1n) is 7.95. The molecule has 1 aromatic carbocycles. The molecule has 4 nitrogen and oxygen atoms in total. The van der Waals surface area contributed by atoms with Gasteiger partial charge in [0.25, 0.3) is 0 Å². The van der Waals surface area contributed by atoms with Gasteiger partial charge in [-0.3, -0.25) is 4.79 Å². The molecule has 0 aliphatic carbocycles. The van der Waals surface area contributed by atoms with E-state index < -0.39 is 5.63 Å². The average molecular weight is 326 g/mol. The van der Waals surface area contributed by atoms with E-state index in [9.17, 15) is 9.59 Å². The molecule has 4 heteroatoms. The average Bonchev–Trinajstić information content (AvgIpc) is 2.52. The van der Waals surface area contributed by atoms with Gasteiger partial charge in [-0.15, -0.1) is 0 Å². The summed E-state index contributed by atoms with van der Waals surface area (Å²) in [5.41, 5.74) is 2.94. The van der Waals surface area contributed by atoms with Crippen LogP contribution in [-0.4, -0.2) is 12.9 Å². The van der Waals surface area contributed by atoms with Crippen LogP contribution in [0.15, 0.2) is 56.8 Å². The number of allylic oxidation sites excluding steroid dienone is 3. The summed E-state index contributed by atoms with van der Waals surface area (Å²) in [4.78, 5) is 22.8. The van der Waals surface area contributed by atoms with Crippen LogP contribution in [0.5, 0.6) is 5.75 Å². The molecule has 0 bridgehead atoms. The third-order valence-electron chi connectivity index (χ3n) is 3.66. The summed E-state index contributed by atoms with van der Waals surface area (Å²) in [6.45, 7) is 6.22. The molecule has 0 aliphatic rings. The van der Waals surface area contributed by atoms with Crippen LogP contribution in [0, 0.1) is 6.92 Å². The fourth-order valence-corrected chi connectivity index (χ4v) is 2.45. The molecule has 2 aromatic rings. The molecule has 24 heavy (non-hydrogen) atoms. The molecular formula is C20H22O4. The maximum Gasteiger partial charge on any atom is 0.339 e. The van der Waals surface area contributed by atoms with E-state index in [2.05, 4.69) is 6.08 Å². The van der Waals surface area contributed by atoms with Gasteiger partial charge < -0.3 is 9.15 Å². The van der Waals surface area contributed by atoms with Gasteiger partial charge in [0.1, 0.15) is 24.2 Å². The maximum absolute atomic E-state index is 11.6. The minimum absolute atomic E-state index is 0.232. The molecule has 0 radical (unpaired) electrons. The molecule has 0 saturated carbocycles. The van der Waals surface area contributed by atoms with Crippen LogP contribution in [0.1, 0.15) is 32.3 Å². The lowest BCUT2D eigenvalue weighted by Crippen LogP contribution is -2.03. The molecule has 0 spiro atoms. The monoisotopic (exact) mass is 326 g/mol. The van der Waals surface area contributed by atoms with E-state index in [4.69, 9.17) is 9.15 Å². The van der Waals surface area contributed by atoms with E-state index in [0.717, 1.165) is 23.7 Å². The highest BCUT2D eigenvalue weighted by molar-refractivity contribution is 5.86. The number of hydrogen-bond acceptors (Lipinski definition) is 4. The van der Waals surface area contributed by atoms with E-state index in [0.29, 0.717) is 23.3 Å². The summed E-state index contributed by atoms with van der Waals surface area (Å²) in [7, 11) is 0. The van der Waals surface area contributed by atoms with Crippen molar-refractivity contribution >= 4 is 17.3 Å². The Morgan fingerprint density at radius 1 is 1.25 bits per heavy atom. The van der Waals surface area contributed by atoms with Crippen LogP contribution < -0.4 is 10.4 Å². The minimum atomic E-state index is -0.453. The van der Waals surface area contributed by atoms with Crippen LogP contribution in [0.2, 0.25) is 0 Å². The van der Waals surface area contributed by atoms with E-state index in [-0.39, 0.29) is 6.61 Å². The third-order valence-corrected chi connectivity index (χ3v) is 3.66. The second-order valence-corrected chi connectivity index (χ2v) is 5.91. The second-order valence-electron chi connectivity index (χ2n) is 5.91. The molecular weight excluding hydrogens is 304 g/mol. The Kier molecular flexibility index (Phi) is 6.13. The normalized spacial score (nSPS) is 11.4. The van der Waals surface area contributed by atoms with E-state index in [1.54, 1.807) is 12.1 Å². The summed E-state index contributed by atoms with van der Waals surface area (Å²) in [6, 6.07) is 6.84. The van der Waals surface area contributed by atoms with Crippen molar-refractivity contribution < 1.29 is 13.9 Å². The Hall–Kier alpha value is -2.62. The smallest absolute Gasteiger partial charge is 0.339 e. The largest absolute Gasteiger partial charge is 0.488 e. The van der Waals surface area contributed by atoms with Crippen molar-refractivity contribution in [3.63, 3.8) is 0 Å². The Bertz CT molecular complexity index is 836. The number of carbonyl (C=O) groups excluding carboxylic acids is 1. The number of ether oxygens (including phenoxy) is 1. The van der Waals surface area contributed by atoms with E-state index in [1.807, 2.05) is 32.9 Å². The molecule has 2 rings (SSSR count). The molecule has 0 saturated heterocycles. The fraction of sp³-hybridized carbons (Fsp3) is 0.300. The van der Waals surface area contributed by atoms with Gasteiger partial charge in [-0.1, -0.05) is 23.8 Å². The Labute approximate surface area is 141 Å². The predicted molar refractivity (Wildman–Crippen MR) is 95.5 cm³/mol. The summed E-state index contributed by atoms with van der Waals surface area (Å²) < 4.78 is 10.9. The number of aldehydes is 1. The lowest BCUT2D eigenvalue weighted by atomic mass is 10.1. The van der Waals surface area contributed by atoms with Crippen LogP contribution in [0.3, 0.4) is 0 Å². The topological polar surface area (TPSA) is 56.5 Å².